The van der Waals surface area contributed by atoms with Gasteiger partial charge in [0.2, 0.25) is 0 Å². The summed E-state index contributed by atoms with van der Waals surface area (Å²) in [6, 6.07) is 2.12. The zero-order chi connectivity index (χ0) is 14.9. The Morgan fingerprint density at radius 3 is 2.65 bits per heavy atom. The van der Waals surface area contributed by atoms with Gasteiger partial charge in [0.1, 0.15) is 5.82 Å². The van der Waals surface area contributed by atoms with Crippen molar-refractivity contribution in [2.45, 2.75) is 39.2 Å². The summed E-state index contributed by atoms with van der Waals surface area (Å²) in [6.07, 6.45) is 0.718. The van der Waals surface area contributed by atoms with Crippen molar-refractivity contribution in [3.63, 3.8) is 0 Å². The molecule has 0 fully saturated rings. The van der Waals surface area contributed by atoms with Crippen LogP contribution in [0.4, 0.5) is 8.78 Å². The smallest absolute Gasteiger partial charge is 0.305 e. The highest BCUT2D eigenvalue weighted by molar-refractivity contribution is 5.77. The second-order valence-electron chi connectivity index (χ2n) is 4.83. The molecule has 1 heterocycles. The quantitative estimate of drug-likeness (QED) is 0.915. The van der Waals surface area contributed by atoms with E-state index in [1.165, 1.54) is 0 Å². The molecule has 6 heteroatoms. The highest BCUT2D eigenvalue weighted by Crippen LogP contribution is 2.26. The summed E-state index contributed by atoms with van der Waals surface area (Å²) in [5.74, 6) is -2.10. The number of carboxylic acids is 1. The molecule has 108 valence electrons. The van der Waals surface area contributed by atoms with E-state index in [1.54, 1.807) is 4.57 Å². The molecule has 0 amide bonds. The number of hydrogen-bond acceptors (Lipinski definition) is 2. The monoisotopic (exact) mass is 282 g/mol. The molecule has 4 nitrogen and oxygen atoms in total. The number of hydrogen-bond donors (Lipinski definition) is 1. The van der Waals surface area contributed by atoms with Crippen LogP contribution < -0.4 is 0 Å². The molecule has 1 unspecified atom stereocenters. The number of halogens is 2. The molecular formula is C14H16F2N2O2. The fourth-order valence-electron chi connectivity index (χ4n) is 2.14. The van der Waals surface area contributed by atoms with Crippen LogP contribution in [0.3, 0.4) is 0 Å². The number of aryl methyl sites for hydroxylation is 1. The maximum atomic E-state index is 13.4. The summed E-state index contributed by atoms with van der Waals surface area (Å²) >= 11 is 0. The third-order valence-electron chi connectivity index (χ3n) is 3.42. The number of benzene rings is 1. The molecule has 1 aromatic heterocycles. The SMILES string of the molecule is CCC(C)c1nc2cc(F)c(F)cc2n1CCC(=O)O. The lowest BCUT2D eigenvalue weighted by Gasteiger charge is -2.12. The normalized spacial score (nSPS) is 12.8. The molecule has 0 aliphatic rings. The fourth-order valence-corrected chi connectivity index (χ4v) is 2.14. The molecular weight excluding hydrogens is 266 g/mol. The van der Waals surface area contributed by atoms with Crippen molar-refractivity contribution in [3.05, 3.63) is 29.6 Å². The first-order chi connectivity index (χ1) is 9.43. The van der Waals surface area contributed by atoms with Crippen LogP contribution in [0.25, 0.3) is 11.0 Å². The highest BCUT2D eigenvalue weighted by Gasteiger charge is 2.18. The molecule has 2 aromatic rings. The Morgan fingerprint density at radius 1 is 1.40 bits per heavy atom. The van der Waals surface area contributed by atoms with Crippen molar-refractivity contribution in [2.75, 3.05) is 0 Å². The van der Waals surface area contributed by atoms with E-state index in [4.69, 9.17) is 5.11 Å². The average Bonchev–Trinajstić information content (AvgIpc) is 2.74. The van der Waals surface area contributed by atoms with Gasteiger partial charge < -0.3 is 9.67 Å². The molecule has 0 saturated heterocycles. The summed E-state index contributed by atoms with van der Waals surface area (Å²) in [5.41, 5.74) is 0.782. The molecule has 1 N–H and O–H groups in total. The summed E-state index contributed by atoms with van der Waals surface area (Å²) < 4.78 is 28.3. The van der Waals surface area contributed by atoms with Crippen molar-refractivity contribution < 1.29 is 18.7 Å². The Labute approximate surface area is 115 Å². The predicted octanol–water partition coefficient (Wildman–Crippen LogP) is 3.30. The Morgan fingerprint density at radius 2 is 2.05 bits per heavy atom. The minimum atomic E-state index is -0.954. The molecule has 2 rings (SSSR count). The standard InChI is InChI=1S/C14H16F2N2O2/c1-3-8(2)14-17-11-6-9(15)10(16)7-12(11)18(14)5-4-13(19)20/h6-8H,3-5H2,1-2H3,(H,19,20). The lowest BCUT2D eigenvalue weighted by molar-refractivity contribution is -0.137. The van der Waals surface area contributed by atoms with Gasteiger partial charge in [0.05, 0.1) is 17.5 Å². The Hall–Kier alpha value is -1.98. The number of aliphatic carboxylic acids is 1. The molecule has 0 aliphatic carbocycles. The highest BCUT2D eigenvalue weighted by atomic mass is 19.2. The first-order valence-corrected chi connectivity index (χ1v) is 6.51. The maximum absolute atomic E-state index is 13.4. The molecule has 1 aromatic carbocycles. The second kappa shape index (κ2) is 5.56. The number of imidazole rings is 1. The van der Waals surface area contributed by atoms with Crippen LogP contribution in [0.2, 0.25) is 0 Å². The minimum Gasteiger partial charge on any atom is -0.481 e. The summed E-state index contributed by atoms with van der Waals surface area (Å²) in [7, 11) is 0. The first-order valence-electron chi connectivity index (χ1n) is 6.51. The van der Waals surface area contributed by atoms with E-state index in [0.717, 1.165) is 18.6 Å². The van der Waals surface area contributed by atoms with E-state index in [9.17, 15) is 13.6 Å². The van der Waals surface area contributed by atoms with E-state index in [-0.39, 0.29) is 18.9 Å². The third kappa shape index (κ3) is 2.64. The van der Waals surface area contributed by atoms with Crippen molar-refractivity contribution in [2.24, 2.45) is 0 Å². The summed E-state index contributed by atoms with van der Waals surface area (Å²) in [6.45, 7) is 4.12. The van der Waals surface area contributed by atoms with Gasteiger partial charge in [-0.15, -0.1) is 0 Å². The number of nitrogens with zero attached hydrogens (tertiary/aromatic N) is 2. The van der Waals surface area contributed by atoms with Gasteiger partial charge in [0, 0.05) is 24.6 Å². The summed E-state index contributed by atoms with van der Waals surface area (Å²) in [5, 5.41) is 8.80. The predicted molar refractivity (Wildman–Crippen MR) is 70.6 cm³/mol. The van der Waals surface area contributed by atoms with E-state index in [0.29, 0.717) is 16.9 Å². The van der Waals surface area contributed by atoms with Crippen LogP contribution in [0.1, 0.15) is 38.4 Å². The number of carbonyl (C=O) groups is 1. The summed E-state index contributed by atoms with van der Waals surface area (Å²) in [4.78, 5) is 15.1. The maximum Gasteiger partial charge on any atom is 0.305 e. The number of carboxylic acid groups (broad SMARTS) is 1. The molecule has 0 bridgehead atoms. The molecule has 0 saturated carbocycles. The van der Waals surface area contributed by atoms with Crippen molar-refractivity contribution >= 4 is 17.0 Å². The molecule has 0 radical (unpaired) electrons. The van der Waals surface area contributed by atoms with E-state index in [1.807, 2.05) is 13.8 Å². The lowest BCUT2D eigenvalue weighted by Crippen LogP contribution is -2.10. The van der Waals surface area contributed by atoms with Crippen molar-refractivity contribution in [1.82, 2.24) is 9.55 Å². The Balaban J connectivity index is 2.58. The zero-order valence-corrected chi connectivity index (χ0v) is 11.4. The molecule has 20 heavy (non-hydrogen) atoms. The third-order valence-corrected chi connectivity index (χ3v) is 3.42. The second-order valence-corrected chi connectivity index (χ2v) is 4.83. The Bertz CT molecular complexity index is 652. The van der Waals surface area contributed by atoms with E-state index >= 15 is 0 Å². The van der Waals surface area contributed by atoms with Gasteiger partial charge in [0.25, 0.3) is 0 Å². The Kier molecular flexibility index (Phi) is 4.01. The first kappa shape index (κ1) is 14.4. The molecule has 0 spiro atoms. The van der Waals surface area contributed by atoms with E-state index in [2.05, 4.69) is 4.98 Å². The van der Waals surface area contributed by atoms with Crippen LogP contribution in [0.5, 0.6) is 0 Å². The molecule has 0 aliphatic heterocycles. The van der Waals surface area contributed by atoms with Gasteiger partial charge in [-0.05, 0) is 6.42 Å². The van der Waals surface area contributed by atoms with Crippen LogP contribution >= 0.6 is 0 Å². The molecule has 1 atom stereocenters. The van der Waals surface area contributed by atoms with Crippen LogP contribution in [0, 0.1) is 11.6 Å². The van der Waals surface area contributed by atoms with Gasteiger partial charge in [-0.3, -0.25) is 4.79 Å². The van der Waals surface area contributed by atoms with Crippen molar-refractivity contribution in [1.29, 1.82) is 0 Å². The van der Waals surface area contributed by atoms with E-state index < -0.39 is 17.6 Å². The van der Waals surface area contributed by atoms with Crippen LogP contribution in [0.15, 0.2) is 12.1 Å². The lowest BCUT2D eigenvalue weighted by atomic mass is 10.1. The van der Waals surface area contributed by atoms with Crippen LogP contribution in [-0.4, -0.2) is 20.6 Å². The van der Waals surface area contributed by atoms with Gasteiger partial charge in [-0.2, -0.15) is 0 Å². The van der Waals surface area contributed by atoms with Gasteiger partial charge >= 0.3 is 5.97 Å². The number of fused-ring (bicyclic) bond motifs is 1. The number of aromatic nitrogens is 2. The largest absolute Gasteiger partial charge is 0.481 e. The van der Waals surface area contributed by atoms with Gasteiger partial charge in [-0.1, -0.05) is 13.8 Å². The fraction of sp³-hybridized carbons (Fsp3) is 0.429. The van der Waals surface area contributed by atoms with Crippen molar-refractivity contribution in [3.8, 4) is 0 Å². The van der Waals surface area contributed by atoms with Gasteiger partial charge in [0.15, 0.2) is 11.6 Å². The zero-order valence-electron chi connectivity index (χ0n) is 11.4. The topological polar surface area (TPSA) is 55.1 Å². The number of rotatable bonds is 5. The minimum absolute atomic E-state index is 0.0855. The average molecular weight is 282 g/mol. The van der Waals surface area contributed by atoms with Gasteiger partial charge in [-0.25, -0.2) is 13.8 Å². The van der Waals surface area contributed by atoms with Crippen LogP contribution in [-0.2, 0) is 11.3 Å².